The Kier molecular flexibility index (Phi) is 6.17. The lowest BCUT2D eigenvalue weighted by Crippen LogP contribution is -2.16. The molecule has 1 fully saturated rings. The second-order valence-corrected chi connectivity index (χ2v) is 8.79. The number of benzene rings is 3. The average Bonchev–Trinajstić information content (AvgIpc) is 3.57. The number of nitrogens with zero attached hydrogens (tertiary/aromatic N) is 1. The molecule has 1 N–H and O–H groups in total. The first-order chi connectivity index (χ1) is 17.5. The van der Waals surface area contributed by atoms with Gasteiger partial charge in [0.05, 0.1) is 0 Å². The van der Waals surface area contributed by atoms with Crippen LogP contribution in [-0.4, -0.2) is 23.3 Å². The van der Waals surface area contributed by atoms with Crippen LogP contribution in [0.15, 0.2) is 71.3 Å². The molecule has 1 heterocycles. The SMILES string of the molecule is Cc1noc(-c2ccc3cc(C#CC4(OC=O)CC4)ccc3c2)c1NC(=O)O[C@H](C)c1ccccc1. The van der Waals surface area contributed by atoms with Gasteiger partial charge in [-0.3, -0.25) is 10.1 Å². The summed E-state index contributed by atoms with van der Waals surface area (Å²) in [5, 5.41) is 8.81. The normalized spacial score (nSPS) is 14.3. The summed E-state index contributed by atoms with van der Waals surface area (Å²) in [6.07, 6.45) is 0.533. The third-order valence-corrected chi connectivity index (χ3v) is 6.16. The summed E-state index contributed by atoms with van der Waals surface area (Å²) in [6.45, 7) is 4.04. The van der Waals surface area contributed by atoms with E-state index in [9.17, 15) is 9.59 Å². The van der Waals surface area contributed by atoms with Crippen molar-refractivity contribution in [2.24, 2.45) is 0 Å². The minimum atomic E-state index is -0.617. The van der Waals surface area contributed by atoms with Crippen molar-refractivity contribution < 1.29 is 23.6 Å². The van der Waals surface area contributed by atoms with Crippen molar-refractivity contribution in [3.8, 4) is 23.2 Å². The Morgan fingerprint density at radius 3 is 2.61 bits per heavy atom. The van der Waals surface area contributed by atoms with Gasteiger partial charge in [-0.2, -0.15) is 0 Å². The van der Waals surface area contributed by atoms with Crippen molar-refractivity contribution >= 4 is 29.0 Å². The van der Waals surface area contributed by atoms with Crippen molar-refractivity contribution in [2.75, 3.05) is 5.32 Å². The summed E-state index contributed by atoms with van der Waals surface area (Å²) >= 11 is 0. The standard InChI is InChI=1S/C29H24N2O5/c1-19-26(30-28(33)35-20(2)22-6-4-3-5-7-22)27(36-31-19)25-11-10-23-16-21(8-9-24(23)17-25)12-13-29(14-15-29)34-18-32/h3-11,16-18,20H,14-15H2,1-2H3,(H,30,33)/t20-/m1/s1. The van der Waals surface area contributed by atoms with Crippen LogP contribution in [0.1, 0.15) is 42.7 Å². The highest BCUT2D eigenvalue weighted by Crippen LogP contribution is 2.38. The number of nitrogens with one attached hydrogen (secondary N) is 1. The van der Waals surface area contributed by atoms with E-state index < -0.39 is 17.8 Å². The minimum Gasteiger partial charge on any atom is -0.448 e. The van der Waals surface area contributed by atoms with E-state index in [1.54, 1.807) is 6.92 Å². The van der Waals surface area contributed by atoms with Crippen LogP contribution in [0.3, 0.4) is 0 Å². The number of carbonyl (C=O) groups is 2. The van der Waals surface area contributed by atoms with E-state index in [4.69, 9.17) is 14.0 Å². The maximum Gasteiger partial charge on any atom is 0.412 e. The van der Waals surface area contributed by atoms with E-state index in [1.807, 2.05) is 73.7 Å². The molecule has 4 aromatic rings. The quantitative estimate of drug-likeness (QED) is 0.262. The van der Waals surface area contributed by atoms with E-state index in [1.165, 1.54) is 0 Å². The van der Waals surface area contributed by atoms with E-state index in [2.05, 4.69) is 22.3 Å². The Balaban J connectivity index is 1.35. The molecule has 0 unspecified atom stereocenters. The molecule has 1 aliphatic rings. The Bertz CT molecular complexity index is 1490. The lowest BCUT2D eigenvalue weighted by Gasteiger charge is -2.14. The first kappa shape index (κ1) is 23.2. The highest BCUT2D eigenvalue weighted by molar-refractivity contribution is 5.93. The van der Waals surface area contributed by atoms with Crippen molar-refractivity contribution in [3.05, 3.63) is 83.6 Å². The summed E-state index contributed by atoms with van der Waals surface area (Å²) in [5.41, 5.74) is 2.90. The van der Waals surface area contributed by atoms with Gasteiger partial charge in [0.2, 0.25) is 0 Å². The number of hydrogen-bond acceptors (Lipinski definition) is 6. The highest BCUT2D eigenvalue weighted by Gasteiger charge is 2.43. The molecular weight excluding hydrogens is 456 g/mol. The van der Waals surface area contributed by atoms with E-state index in [-0.39, 0.29) is 0 Å². The molecular formula is C29H24N2O5. The van der Waals surface area contributed by atoms with Gasteiger partial charge in [-0.1, -0.05) is 59.6 Å². The summed E-state index contributed by atoms with van der Waals surface area (Å²) in [4.78, 5) is 23.3. The molecule has 0 bridgehead atoms. The fraction of sp³-hybridized carbons (Fsp3) is 0.207. The van der Waals surface area contributed by atoms with Crippen LogP contribution in [0.2, 0.25) is 0 Å². The highest BCUT2D eigenvalue weighted by atomic mass is 16.6. The van der Waals surface area contributed by atoms with Crippen LogP contribution in [0.5, 0.6) is 0 Å². The minimum absolute atomic E-state index is 0.410. The van der Waals surface area contributed by atoms with Crippen molar-refractivity contribution in [3.63, 3.8) is 0 Å². The number of amides is 1. The maximum absolute atomic E-state index is 12.6. The lowest BCUT2D eigenvalue weighted by molar-refractivity contribution is -0.132. The topological polar surface area (TPSA) is 90.7 Å². The molecule has 0 radical (unpaired) electrons. The third kappa shape index (κ3) is 4.93. The number of rotatable bonds is 6. The van der Waals surface area contributed by atoms with Gasteiger partial charge < -0.3 is 14.0 Å². The summed E-state index contributed by atoms with van der Waals surface area (Å²) in [5.74, 6) is 6.62. The van der Waals surface area contributed by atoms with Crippen LogP contribution in [-0.2, 0) is 14.3 Å². The fourth-order valence-electron chi connectivity index (χ4n) is 3.93. The monoisotopic (exact) mass is 480 g/mol. The Hall–Kier alpha value is -4.57. The van der Waals surface area contributed by atoms with Crippen LogP contribution in [0, 0.1) is 18.8 Å². The second-order valence-electron chi connectivity index (χ2n) is 8.79. The van der Waals surface area contributed by atoms with Crippen molar-refractivity contribution in [1.82, 2.24) is 5.16 Å². The molecule has 7 heteroatoms. The number of carbonyl (C=O) groups excluding carboxylic acids is 2. The Morgan fingerprint density at radius 2 is 1.86 bits per heavy atom. The van der Waals surface area contributed by atoms with Gasteiger partial charge in [-0.15, -0.1) is 0 Å². The maximum atomic E-state index is 12.6. The zero-order valence-electron chi connectivity index (χ0n) is 19.9. The van der Waals surface area contributed by atoms with Crippen molar-refractivity contribution in [1.29, 1.82) is 0 Å². The van der Waals surface area contributed by atoms with Gasteiger partial charge in [0.15, 0.2) is 11.4 Å². The van der Waals surface area contributed by atoms with Gasteiger partial charge >= 0.3 is 6.09 Å². The number of fused-ring (bicyclic) bond motifs is 1. The van der Waals surface area contributed by atoms with Crippen LogP contribution >= 0.6 is 0 Å². The predicted octanol–water partition coefficient (Wildman–Crippen LogP) is 6.17. The van der Waals surface area contributed by atoms with Crippen LogP contribution in [0.4, 0.5) is 10.5 Å². The fourth-order valence-corrected chi connectivity index (χ4v) is 3.93. The van der Waals surface area contributed by atoms with Crippen molar-refractivity contribution in [2.45, 2.75) is 38.4 Å². The summed E-state index contributed by atoms with van der Waals surface area (Å²) in [7, 11) is 0. The molecule has 5 rings (SSSR count). The van der Waals surface area contributed by atoms with Gasteiger partial charge in [0.25, 0.3) is 6.47 Å². The molecule has 0 spiro atoms. The number of aryl methyl sites for hydroxylation is 1. The Morgan fingerprint density at radius 1 is 1.11 bits per heavy atom. The van der Waals surface area contributed by atoms with E-state index in [0.717, 1.165) is 40.3 Å². The lowest BCUT2D eigenvalue weighted by atomic mass is 10.0. The molecule has 1 atom stereocenters. The second kappa shape index (κ2) is 9.59. The molecule has 3 aromatic carbocycles. The molecule has 180 valence electrons. The summed E-state index contributed by atoms with van der Waals surface area (Å²) < 4.78 is 16.2. The largest absolute Gasteiger partial charge is 0.448 e. The molecule has 1 aromatic heterocycles. The molecule has 36 heavy (non-hydrogen) atoms. The molecule has 1 aliphatic carbocycles. The van der Waals surface area contributed by atoms with E-state index >= 15 is 0 Å². The van der Waals surface area contributed by atoms with Gasteiger partial charge in [-0.25, -0.2) is 4.79 Å². The van der Waals surface area contributed by atoms with Crippen LogP contribution in [0.25, 0.3) is 22.1 Å². The first-order valence-electron chi connectivity index (χ1n) is 11.6. The smallest absolute Gasteiger partial charge is 0.412 e. The van der Waals surface area contributed by atoms with Gasteiger partial charge in [0.1, 0.15) is 17.5 Å². The average molecular weight is 481 g/mol. The van der Waals surface area contributed by atoms with E-state index in [0.29, 0.717) is 23.6 Å². The number of anilines is 1. The number of hydrogen-bond donors (Lipinski definition) is 1. The number of ether oxygens (including phenoxy) is 2. The summed E-state index contributed by atoms with van der Waals surface area (Å²) in [6, 6.07) is 21.2. The first-order valence-corrected chi connectivity index (χ1v) is 11.6. The molecule has 0 aliphatic heterocycles. The molecule has 7 nitrogen and oxygen atoms in total. The molecule has 0 saturated heterocycles. The number of aromatic nitrogens is 1. The zero-order chi connectivity index (χ0) is 25.1. The molecule has 1 amide bonds. The Labute approximate surface area is 208 Å². The predicted molar refractivity (Wildman–Crippen MR) is 135 cm³/mol. The van der Waals surface area contributed by atoms with Gasteiger partial charge in [0, 0.05) is 24.0 Å². The molecule has 1 saturated carbocycles. The van der Waals surface area contributed by atoms with Crippen LogP contribution < -0.4 is 5.32 Å². The van der Waals surface area contributed by atoms with Gasteiger partial charge in [-0.05, 0) is 54.3 Å². The third-order valence-electron chi connectivity index (χ3n) is 6.16. The zero-order valence-corrected chi connectivity index (χ0v) is 19.9.